The van der Waals surface area contributed by atoms with E-state index in [1.807, 2.05) is 35.8 Å². The van der Waals surface area contributed by atoms with Crippen LogP contribution in [0.2, 0.25) is 0 Å². The molecule has 7 nitrogen and oxygen atoms in total. The summed E-state index contributed by atoms with van der Waals surface area (Å²) in [4.78, 5) is 17.2. The lowest BCUT2D eigenvalue weighted by Crippen LogP contribution is -2.30. The second-order valence-electron chi connectivity index (χ2n) is 6.42. The summed E-state index contributed by atoms with van der Waals surface area (Å²) >= 11 is 0. The Balaban J connectivity index is 1.83. The van der Waals surface area contributed by atoms with Crippen LogP contribution in [-0.4, -0.2) is 29.9 Å². The lowest BCUT2D eigenvalue weighted by Gasteiger charge is -2.10. The number of rotatable bonds is 6. The van der Waals surface area contributed by atoms with Gasteiger partial charge >= 0.3 is 0 Å². The number of hydrogen-bond acceptors (Lipinski definition) is 4. The van der Waals surface area contributed by atoms with Crippen LogP contribution in [0.15, 0.2) is 53.4 Å². The van der Waals surface area contributed by atoms with E-state index in [1.54, 1.807) is 13.8 Å². The molecule has 0 saturated carbocycles. The lowest BCUT2D eigenvalue weighted by molar-refractivity contribution is 0.102. The standard InChI is InChI=1S/C19H22N4O3S/c1-4-23-17-8-6-5-7-16(17)20-19(23)21-18(24)14-9-11-15(12-10-14)27(25,26)22-13(2)3/h5-13,22H,4H2,1-3H3,(H,20,21,24). The van der Waals surface area contributed by atoms with Crippen molar-refractivity contribution in [1.29, 1.82) is 0 Å². The topological polar surface area (TPSA) is 93.1 Å². The SMILES string of the molecule is CCn1c(NC(=O)c2ccc(S(=O)(=O)NC(C)C)cc2)nc2ccccc21. The van der Waals surface area contributed by atoms with E-state index in [0.29, 0.717) is 18.1 Å². The van der Waals surface area contributed by atoms with E-state index in [1.165, 1.54) is 24.3 Å². The summed E-state index contributed by atoms with van der Waals surface area (Å²) in [5.41, 5.74) is 2.10. The fourth-order valence-electron chi connectivity index (χ4n) is 2.83. The molecule has 3 aromatic rings. The van der Waals surface area contributed by atoms with Crippen molar-refractivity contribution in [2.24, 2.45) is 0 Å². The Hall–Kier alpha value is -2.71. The van der Waals surface area contributed by atoms with Crippen molar-refractivity contribution in [2.45, 2.75) is 38.3 Å². The lowest BCUT2D eigenvalue weighted by atomic mass is 10.2. The zero-order chi connectivity index (χ0) is 19.6. The first-order valence-corrected chi connectivity index (χ1v) is 10.2. The number of imidazole rings is 1. The van der Waals surface area contributed by atoms with Crippen molar-refractivity contribution in [2.75, 3.05) is 5.32 Å². The van der Waals surface area contributed by atoms with Gasteiger partial charge in [0.25, 0.3) is 5.91 Å². The van der Waals surface area contributed by atoms with Crippen LogP contribution >= 0.6 is 0 Å². The maximum absolute atomic E-state index is 12.6. The zero-order valence-corrected chi connectivity index (χ0v) is 16.2. The van der Waals surface area contributed by atoms with Gasteiger partial charge in [0.2, 0.25) is 16.0 Å². The van der Waals surface area contributed by atoms with Gasteiger partial charge < -0.3 is 4.57 Å². The Labute approximate surface area is 158 Å². The summed E-state index contributed by atoms with van der Waals surface area (Å²) in [7, 11) is -3.59. The highest BCUT2D eigenvalue weighted by Gasteiger charge is 2.17. The predicted molar refractivity (Wildman–Crippen MR) is 105 cm³/mol. The summed E-state index contributed by atoms with van der Waals surface area (Å²) in [6.45, 7) is 6.14. The molecule has 0 radical (unpaired) electrons. The maximum Gasteiger partial charge on any atom is 0.257 e. The molecular formula is C19H22N4O3S. The van der Waals surface area contributed by atoms with Gasteiger partial charge in [-0.25, -0.2) is 18.1 Å². The summed E-state index contributed by atoms with van der Waals surface area (Å²) in [6, 6.07) is 13.3. The number of para-hydroxylation sites is 2. The highest BCUT2D eigenvalue weighted by molar-refractivity contribution is 7.89. The van der Waals surface area contributed by atoms with Crippen molar-refractivity contribution in [3.05, 3.63) is 54.1 Å². The van der Waals surface area contributed by atoms with Crippen LogP contribution in [0.5, 0.6) is 0 Å². The van der Waals surface area contributed by atoms with Crippen LogP contribution in [0, 0.1) is 0 Å². The minimum Gasteiger partial charge on any atom is -0.310 e. The second-order valence-corrected chi connectivity index (χ2v) is 8.14. The molecule has 0 aliphatic rings. The molecule has 0 spiro atoms. The number of carbonyl (C=O) groups is 1. The fraction of sp³-hybridized carbons (Fsp3) is 0.263. The van der Waals surface area contributed by atoms with E-state index in [4.69, 9.17) is 0 Å². The third-order valence-corrected chi connectivity index (χ3v) is 5.69. The van der Waals surface area contributed by atoms with Crippen LogP contribution in [0.25, 0.3) is 11.0 Å². The molecule has 0 bridgehead atoms. The number of aromatic nitrogens is 2. The molecule has 0 aliphatic heterocycles. The van der Waals surface area contributed by atoms with E-state index in [0.717, 1.165) is 11.0 Å². The number of nitrogens with one attached hydrogen (secondary N) is 2. The van der Waals surface area contributed by atoms with E-state index in [-0.39, 0.29) is 16.8 Å². The van der Waals surface area contributed by atoms with Crippen molar-refractivity contribution in [3.8, 4) is 0 Å². The zero-order valence-electron chi connectivity index (χ0n) is 15.4. The minimum atomic E-state index is -3.59. The van der Waals surface area contributed by atoms with Crippen molar-refractivity contribution in [1.82, 2.24) is 14.3 Å². The van der Waals surface area contributed by atoms with Gasteiger partial charge in [-0.15, -0.1) is 0 Å². The van der Waals surface area contributed by atoms with Gasteiger partial charge in [-0.3, -0.25) is 10.1 Å². The molecule has 0 unspecified atom stereocenters. The summed E-state index contributed by atoms with van der Waals surface area (Å²) in [5, 5.41) is 2.81. The number of anilines is 1. The number of fused-ring (bicyclic) bond motifs is 1. The van der Waals surface area contributed by atoms with E-state index < -0.39 is 10.0 Å². The van der Waals surface area contributed by atoms with Gasteiger partial charge in [-0.05, 0) is 57.2 Å². The Morgan fingerprint density at radius 1 is 1.11 bits per heavy atom. The first-order chi connectivity index (χ1) is 12.8. The number of nitrogens with zero attached hydrogens (tertiary/aromatic N) is 2. The molecule has 0 fully saturated rings. The Kier molecular flexibility index (Phi) is 5.29. The van der Waals surface area contributed by atoms with Gasteiger partial charge in [-0.1, -0.05) is 12.1 Å². The smallest absolute Gasteiger partial charge is 0.257 e. The third-order valence-electron chi connectivity index (χ3n) is 4.01. The summed E-state index contributed by atoms with van der Waals surface area (Å²) in [5.74, 6) is 0.114. The molecule has 8 heteroatoms. The van der Waals surface area contributed by atoms with E-state index in [2.05, 4.69) is 15.0 Å². The molecule has 27 heavy (non-hydrogen) atoms. The Morgan fingerprint density at radius 2 is 1.78 bits per heavy atom. The summed E-state index contributed by atoms with van der Waals surface area (Å²) in [6.07, 6.45) is 0. The number of benzene rings is 2. The number of hydrogen-bond donors (Lipinski definition) is 2. The van der Waals surface area contributed by atoms with Crippen LogP contribution in [-0.2, 0) is 16.6 Å². The molecule has 142 valence electrons. The molecule has 1 amide bonds. The molecule has 0 saturated heterocycles. The van der Waals surface area contributed by atoms with Gasteiger partial charge in [0.1, 0.15) is 0 Å². The predicted octanol–water partition coefficient (Wildman–Crippen LogP) is 3.00. The first kappa shape index (κ1) is 19.1. The van der Waals surface area contributed by atoms with E-state index in [9.17, 15) is 13.2 Å². The van der Waals surface area contributed by atoms with Gasteiger partial charge in [0.05, 0.1) is 15.9 Å². The molecule has 0 aliphatic carbocycles. The highest BCUT2D eigenvalue weighted by atomic mass is 32.2. The Morgan fingerprint density at radius 3 is 2.41 bits per heavy atom. The average Bonchev–Trinajstić information content (AvgIpc) is 2.97. The quantitative estimate of drug-likeness (QED) is 0.681. The van der Waals surface area contributed by atoms with Gasteiger partial charge in [0, 0.05) is 18.2 Å². The van der Waals surface area contributed by atoms with Crippen LogP contribution in [0.1, 0.15) is 31.1 Å². The fourth-order valence-corrected chi connectivity index (χ4v) is 4.08. The van der Waals surface area contributed by atoms with Gasteiger partial charge in [0.15, 0.2) is 0 Å². The van der Waals surface area contributed by atoms with Crippen LogP contribution in [0.4, 0.5) is 5.95 Å². The number of aryl methyl sites for hydroxylation is 1. The Bertz CT molecular complexity index is 1070. The number of sulfonamides is 1. The number of amides is 1. The van der Waals surface area contributed by atoms with Crippen LogP contribution < -0.4 is 10.0 Å². The minimum absolute atomic E-state index is 0.119. The van der Waals surface area contributed by atoms with Crippen LogP contribution in [0.3, 0.4) is 0 Å². The second kappa shape index (κ2) is 7.50. The molecular weight excluding hydrogens is 364 g/mol. The monoisotopic (exact) mass is 386 g/mol. The van der Waals surface area contributed by atoms with Crippen molar-refractivity contribution in [3.63, 3.8) is 0 Å². The van der Waals surface area contributed by atoms with Gasteiger partial charge in [-0.2, -0.15) is 0 Å². The molecule has 1 aromatic heterocycles. The maximum atomic E-state index is 12.6. The van der Waals surface area contributed by atoms with Crippen molar-refractivity contribution >= 4 is 32.9 Å². The molecule has 2 aromatic carbocycles. The number of carbonyl (C=O) groups excluding carboxylic acids is 1. The molecule has 1 heterocycles. The molecule has 2 N–H and O–H groups in total. The normalized spacial score (nSPS) is 11.9. The molecule has 3 rings (SSSR count). The first-order valence-electron chi connectivity index (χ1n) is 8.71. The third kappa shape index (κ3) is 4.01. The molecule has 0 atom stereocenters. The highest BCUT2D eigenvalue weighted by Crippen LogP contribution is 2.20. The average molecular weight is 386 g/mol. The van der Waals surface area contributed by atoms with Crippen molar-refractivity contribution < 1.29 is 13.2 Å². The summed E-state index contributed by atoms with van der Waals surface area (Å²) < 4.78 is 28.8. The largest absolute Gasteiger partial charge is 0.310 e. The van der Waals surface area contributed by atoms with E-state index >= 15 is 0 Å².